The molecule has 7 nitrogen and oxygen atoms in total. The van der Waals surface area contributed by atoms with Crippen molar-refractivity contribution in [1.29, 1.82) is 0 Å². The first-order valence-corrected chi connectivity index (χ1v) is 9.64. The van der Waals surface area contributed by atoms with E-state index in [9.17, 15) is 4.79 Å². The molecule has 1 aromatic heterocycles. The molecule has 0 bridgehead atoms. The molecular weight excluding hydrogens is 417 g/mol. The number of benzene rings is 2. The van der Waals surface area contributed by atoms with Gasteiger partial charge in [0.25, 0.3) is 0 Å². The molecule has 0 atom stereocenters. The van der Waals surface area contributed by atoms with Crippen LogP contribution in [0.3, 0.4) is 0 Å². The van der Waals surface area contributed by atoms with Gasteiger partial charge in [-0.15, -0.1) is 0 Å². The van der Waals surface area contributed by atoms with Gasteiger partial charge in [0.1, 0.15) is 0 Å². The number of ether oxygens (including phenoxy) is 2. The molecule has 152 valence electrons. The fourth-order valence-corrected chi connectivity index (χ4v) is 2.87. The lowest BCUT2D eigenvalue weighted by atomic mass is 10.2. The summed E-state index contributed by atoms with van der Waals surface area (Å²) in [5, 5.41) is 7.52. The highest BCUT2D eigenvalue weighted by atomic mass is 35.5. The van der Waals surface area contributed by atoms with Gasteiger partial charge in [0, 0.05) is 24.1 Å². The van der Waals surface area contributed by atoms with E-state index in [0.29, 0.717) is 52.0 Å². The zero-order valence-corrected chi connectivity index (χ0v) is 17.4. The van der Waals surface area contributed by atoms with Gasteiger partial charge >= 0.3 is 0 Å². The number of aryl methyl sites for hydroxylation is 1. The van der Waals surface area contributed by atoms with E-state index in [1.807, 2.05) is 13.0 Å². The summed E-state index contributed by atoms with van der Waals surface area (Å²) in [5.74, 6) is 1.78. The maximum absolute atomic E-state index is 12.1. The normalized spacial score (nSPS) is 10.6. The Morgan fingerprint density at radius 3 is 2.69 bits per heavy atom. The van der Waals surface area contributed by atoms with Crippen LogP contribution in [0.4, 0.5) is 5.69 Å². The lowest BCUT2D eigenvalue weighted by Crippen LogP contribution is -2.12. The van der Waals surface area contributed by atoms with Crippen molar-refractivity contribution >= 4 is 34.8 Å². The lowest BCUT2D eigenvalue weighted by molar-refractivity contribution is -0.116. The summed E-state index contributed by atoms with van der Waals surface area (Å²) in [4.78, 5) is 16.5. The highest BCUT2D eigenvalue weighted by molar-refractivity contribution is 6.42. The molecule has 1 amide bonds. The van der Waals surface area contributed by atoms with E-state index in [1.54, 1.807) is 37.4 Å². The summed E-state index contributed by atoms with van der Waals surface area (Å²) in [6.07, 6.45) is 0.475. The van der Waals surface area contributed by atoms with Crippen LogP contribution in [0.1, 0.15) is 19.2 Å². The van der Waals surface area contributed by atoms with Crippen molar-refractivity contribution in [1.82, 2.24) is 10.1 Å². The van der Waals surface area contributed by atoms with Gasteiger partial charge in [0.05, 0.1) is 23.8 Å². The third-order valence-electron chi connectivity index (χ3n) is 3.96. The van der Waals surface area contributed by atoms with Crippen molar-refractivity contribution in [3.05, 3.63) is 52.3 Å². The number of carbonyl (C=O) groups is 1. The average Bonchev–Trinajstić information content (AvgIpc) is 3.19. The number of hydrogen-bond acceptors (Lipinski definition) is 6. The van der Waals surface area contributed by atoms with E-state index >= 15 is 0 Å². The molecule has 0 aliphatic heterocycles. The maximum atomic E-state index is 12.1. The van der Waals surface area contributed by atoms with Crippen molar-refractivity contribution in [2.75, 3.05) is 19.0 Å². The van der Waals surface area contributed by atoms with E-state index in [4.69, 9.17) is 37.2 Å². The fourth-order valence-electron chi connectivity index (χ4n) is 2.57. The van der Waals surface area contributed by atoms with Gasteiger partial charge in [-0.2, -0.15) is 4.98 Å². The Kier molecular flexibility index (Phi) is 6.95. The number of amides is 1. The van der Waals surface area contributed by atoms with Gasteiger partial charge in [0.2, 0.25) is 17.6 Å². The Labute approximate surface area is 177 Å². The number of anilines is 1. The number of hydrogen-bond donors (Lipinski definition) is 1. The van der Waals surface area contributed by atoms with Gasteiger partial charge in [-0.05, 0) is 43.3 Å². The van der Waals surface area contributed by atoms with Crippen LogP contribution in [0.5, 0.6) is 11.5 Å². The molecule has 0 aliphatic rings. The number of nitrogens with one attached hydrogen (secondary N) is 1. The molecule has 3 aromatic rings. The summed E-state index contributed by atoms with van der Waals surface area (Å²) in [5.41, 5.74) is 1.29. The average molecular weight is 436 g/mol. The van der Waals surface area contributed by atoms with Crippen LogP contribution in [0.15, 0.2) is 40.9 Å². The highest BCUT2D eigenvalue weighted by Gasteiger charge is 2.14. The predicted molar refractivity (Wildman–Crippen MR) is 111 cm³/mol. The van der Waals surface area contributed by atoms with Gasteiger partial charge in [0.15, 0.2) is 11.5 Å². The van der Waals surface area contributed by atoms with Crippen molar-refractivity contribution in [2.24, 2.45) is 0 Å². The molecule has 29 heavy (non-hydrogen) atoms. The summed E-state index contributed by atoms with van der Waals surface area (Å²) in [7, 11) is 1.57. The van der Waals surface area contributed by atoms with Gasteiger partial charge in [-0.25, -0.2) is 0 Å². The predicted octanol–water partition coefficient (Wildman–Crippen LogP) is 5.02. The number of carbonyl (C=O) groups excluding carboxylic acids is 1. The van der Waals surface area contributed by atoms with Crippen LogP contribution in [-0.2, 0) is 11.2 Å². The Hall–Kier alpha value is -2.77. The van der Waals surface area contributed by atoms with Gasteiger partial charge in [-0.3, -0.25) is 4.79 Å². The number of aromatic nitrogens is 2. The Bertz CT molecular complexity index is 1010. The van der Waals surface area contributed by atoms with Crippen LogP contribution in [-0.4, -0.2) is 29.8 Å². The highest BCUT2D eigenvalue weighted by Crippen LogP contribution is 2.31. The van der Waals surface area contributed by atoms with E-state index in [-0.39, 0.29) is 12.3 Å². The van der Waals surface area contributed by atoms with E-state index in [1.165, 1.54) is 0 Å². The largest absolute Gasteiger partial charge is 0.493 e. The summed E-state index contributed by atoms with van der Waals surface area (Å²) in [6, 6.07) is 10.3. The molecule has 2 aromatic carbocycles. The minimum absolute atomic E-state index is 0.175. The van der Waals surface area contributed by atoms with Crippen LogP contribution in [0.25, 0.3) is 11.4 Å². The van der Waals surface area contributed by atoms with E-state index in [2.05, 4.69) is 15.5 Å². The summed E-state index contributed by atoms with van der Waals surface area (Å²) in [6.45, 7) is 2.43. The van der Waals surface area contributed by atoms with Crippen LogP contribution < -0.4 is 14.8 Å². The first-order chi connectivity index (χ1) is 14.0. The Morgan fingerprint density at radius 1 is 1.14 bits per heavy atom. The zero-order chi connectivity index (χ0) is 20.8. The SMILES string of the molecule is CCOc1ccc(-c2noc(CCC(=O)Nc3ccc(Cl)c(Cl)c3)n2)cc1OC. The first kappa shape index (κ1) is 21.0. The molecule has 3 rings (SSSR count). The van der Waals surface area contributed by atoms with E-state index < -0.39 is 0 Å². The second-order valence-corrected chi connectivity index (χ2v) is 6.80. The minimum atomic E-state index is -0.203. The Balaban J connectivity index is 1.61. The molecule has 1 N–H and O–H groups in total. The number of methoxy groups -OCH3 is 1. The van der Waals surface area contributed by atoms with Gasteiger partial charge in [-0.1, -0.05) is 28.4 Å². The standard InChI is InChI=1S/C20H19Cl2N3O4/c1-3-28-16-7-4-12(10-17(16)27-2)20-24-19(29-25-20)9-8-18(26)23-13-5-6-14(21)15(22)11-13/h4-7,10-11H,3,8-9H2,1-2H3,(H,23,26). The van der Waals surface area contributed by atoms with Crippen molar-refractivity contribution in [2.45, 2.75) is 19.8 Å². The van der Waals surface area contributed by atoms with Crippen LogP contribution in [0, 0.1) is 0 Å². The molecular formula is C20H19Cl2N3O4. The quantitative estimate of drug-likeness (QED) is 0.534. The fraction of sp³-hybridized carbons (Fsp3) is 0.250. The maximum Gasteiger partial charge on any atom is 0.227 e. The second-order valence-electron chi connectivity index (χ2n) is 5.99. The third kappa shape index (κ3) is 5.40. The molecule has 0 aliphatic carbocycles. The number of halogens is 2. The molecule has 0 saturated carbocycles. The topological polar surface area (TPSA) is 86.5 Å². The van der Waals surface area contributed by atoms with E-state index in [0.717, 1.165) is 5.56 Å². The van der Waals surface area contributed by atoms with Crippen molar-refractivity contribution in [3.63, 3.8) is 0 Å². The lowest BCUT2D eigenvalue weighted by Gasteiger charge is -2.09. The minimum Gasteiger partial charge on any atom is -0.493 e. The first-order valence-electron chi connectivity index (χ1n) is 8.89. The molecule has 0 unspecified atom stereocenters. The second kappa shape index (κ2) is 9.62. The monoisotopic (exact) mass is 435 g/mol. The molecule has 0 fully saturated rings. The molecule has 0 spiro atoms. The number of rotatable bonds is 8. The van der Waals surface area contributed by atoms with Crippen molar-refractivity contribution in [3.8, 4) is 22.9 Å². The van der Waals surface area contributed by atoms with Crippen molar-refractivity contribution < 1.29 is 18.8 Å². The summed E-state index contributed by atoms with van der Waals surface area (Å²) < 4.78 is 16.1. The third-order valence-corrected chi connectivity index (χ3v) is 4.70. The molecule has 1 heterocycles. The van der Waals surface area contributed by atoms with Crippen LogP contribution in [0.2, 0.25) is 10.0 Å². The van der Waals surface area contributed by atoms with Gasteiger partial charge < -0.3 is 19.3 Å². The Morgan fingerprint density at radius 2 is 1.97 bits per heavy atom. The summed E-state index contributed by atoms with van der Waals surface area (Å²) >= 11 is 11.8. The molecule has 0 radical (unpaired) electrons. The molecule has 0 saturated heterocycles. The zero-order valence-electron chi connectivity index (χ0n) is 15.9. The number of nitrogens with zero attached hydrogens (tertiary/aromatic N) is 2. The molecule has 9 heteroatoms. The van der Waals surface area contributed by atoms with Crippen LogP contribution >= 0.6 is 23.2 Å². The smallest absolute Gasteiger partial charge is 0.227 e.